The average Bonchev–Trinajstić information content (AvgIpc) is 3.04. The number of alkyl halides is 3. The summed E-state index contributed by atoms with van der Waals surface area (Å²) in [5, 5.41) is 7.48. The average molecular weight is 409 g/mol. The number of thioether (sulfide) groups is 1. The minimum atomic E-state index is -4.45. The molecular weight excluding hydrogens is 391 g/mol. The van der Waals surface area contributed by atoms with Gasteiger partial charge in [-0.05, 0) is 50.3 Å². The number of rotatable bonds is 5. The van der Waals surface area contributed by atoms with Crippen LogP contribution in [0.25, 0.3) is 5.78 Å². The Morgan fingerprint density at radius 2 is 2.00 bits per heavy atom. The van der Waals surface area contributed by atoms with Crippen molar-refractivity contribution in [2.75, 3.05) is 11.6 Å². The van der Waals surface area contributed by atoms with Crippen molar-refractivity contribution in [3.8, 4) is 0 Å². The van der Waals surface area contributed by atoms with Crippen LogP contribution < -0.4 is 5.32 Å². The van der Waals surface area contributed by atoms with Crippen molar-refractivity contribution in [1.82, 2.24) is 19.6 Å². The van der Waals surface area contributed by atoms with Crippen molar-refractivity contribution in [2.45, 2.75) is 38.0 Å². The number of carbonyl (C=O) groups is 1. The molecule has 3 rings (SSSR count). The zero-order valence-corrected chi connectivity index (χ0v) is 16.3. The van der Waals surface area contributed by atoms with Crippen molar-refractivity contribution in [3.63, 3.8) is 0 Å². The third kappa shape index (κ3) is 4.27. The molecule has 0 spiro atoms. The highest BCUT2D eigenvalue weighted by atomic mass is 32.2. The number of anilines is 1. The van der Waals surface area contributed by atoms with Gasteiger partial charge in [0.2, 0.25) is 11.1 Å². The molecule has 1 N–H and O–H groups in total. The summed E-state index contributed by atoms with van der Waals surface area (Å²) in [5.41, 5.74) is 1.76. The highest BCUT2D eigenvalue weighted by Crippen LogP contribution is 2.30. The van der Waals surface area contributed by atoms with Crippen LogP contribution in [0.15, 0.2) is 29.4 Å². The Hall–Kier alpha value is -2.62. The number of benzene rings is 1. The van der Waals surface area contributed by atoms with Crippen LogP contribution in [-0.4, -0.2) is 31.7 Å². The highest BCUT2D eigenvalue weighted by molar-refractivity contribution is 7.98. The Morgan fingerprint density at radius 3 is 2.68 bits per heavy atom. The molecule has 0 aliphatic heterocycles. The minimum absolute atomic E-state index is 0.106. The zero-order chi connectivity index (χ0) is 20.5. The number of nitrogens with one attached hydrogen (secondary N) is 1. The Morgan fingerprint density at radius 1 is 1.25 bits per heavy atom. The number of hydrogen-bond donors (Lipinski definition) is 1. The summed E-state index contributed by atoms with van der Waals surface area (Å²) < 4.78 is 40.0. The van der Waals surface area contributed by atoms with Gasteiger partial charge in [-0.3, -0.25) is 4.79 Å². The van der Waals surface area contributed by atoms with E-state index in [9.17, 15) is 18.0 Å². The van der Waals surface area contributed by atoms with Gasteiger partial charge in [-0.1, -0.05) is 17.8 Å². The van der Waals surface area contributed by atoms with E-state index in [4.69, 9.17) is 0 Å². The number of hydrogen-bond acceptors (Lipinski definition) is 5. The van der Waals surface area contributed by atoms with Crippen LogP contribution in [0.1, 0.15) is 28.9 Å². The molecule has 2 heterocycles. The molecule has 2 aromatic heterocycles. The van der Waals surface area contributed by atoms with E-state index in [-0.39, 0.29) is 18.0 Å². The fourth-order valence-corrected chi connectivity index (χ4v) is 3.21. The maximum atomic E-state index is 12.8. The number of carbonyl (C=O) groups excluding carboxylic acids is 1. The predicted molar refractivity (Wildman–Crippen MR) is 100 cm³/mol. The van der Waals surface area contributed by atoms with E-state index in [1.54, 1.807) is 4.52 Å². The smallest absolute Gasteiger partial charge is 0.326 e. The van der Waals surface area contributed by atoms with E-state index < -0.39 is 11.7 Å². The monoisotopic (exact) mass is 409 g/mol. The first-order valence-electron chi connectivity index (χ1n) is 8.43. The van der Waals surface area contributed by atoms with Gasteiger partial charge in [-0.2, -0.15) is 18.2 Å². The van der Waals surface area contributed by atoms with Crippen molar-refractivity contribution in [1.29, 1.82) is 0 Å². The summed E-state index contributed by atoms with van der Waals surface area (Å²) in [4.78, 5) is 21.0. The van der Waals surface area contributed by atoms with Gasteiger partial charge in [0.05, 0.1) is 5.56 Å². The zero-order valence-electron chi connectivity index (χ0n) is 15.5. The summed E-state index contributed by atoms with van der Waals surface area (Å²) in [6.45, 7) is 3.71. The predicted octanol–water partition coefficient (Wildman–Crippen LogP) is 4.05. The van der Waals surface area contributed by atoms with E-state index in [1.165, 1.54) is 23.9 Å². The Balaban J connectivity index is 1.73. The molecule has 3 aromatic rings. The van der Waals surface area contributed by atoms with Crippen molar-refractivity contribution < 1.29 is 18.0 Å². The second-order valence-electron chi connectivity index (χ2n) is 6.20. The lowest BCUT2D eigenvalue weighted by molar-refractivity contribution is -0.137. The molecule has 0 fully saturated rings. The molecule has 1 amide bonds. The van der Waals surface area contributed by atoms with E-state index in [0.717, 1.165) is 29.1 Å². The topological polar surface area (TPSA) is 72.2 Å². The first-order valence-corrected chi connectivity index (χ1v) is 9.65. The number of amides is 1. The summed E-state index contributed by atoms with van der Waals surface area (Å²) in [5.74, 6) is 0.123. The standard InChI is InChI=1S/C18H18F3N5OS/c1-10-14(11(2)26-16(22-10)24-17(25-26)28-3)7-8-15(27)23-13-6-4-5-12(9-13)18(19,20)21/h4-6,9H,7-8H2,1-3H3,(H,23,27). The molecule has 0 saturated carbocycles. The fraction of sp³-hybridized carbons (Fsp3) is 0.333. The molecule has 0 bridgehead atoms. The number of fused-ring (bicyclic) bond motifs is 1. The van der Waals surface area contributed by atoms with Crippen molar-refractivity contribution in [2.24, 2.45) is 0 Å². The number of aromatic nitrogens is 4. The second kappa shape index (κ2) is 7.78. The molecule has 0 aliphatic carbocycles. The van der Waals surface area contributed by atoms with Gasteiger partial charge in [0.15, 0.2) is 0 Å². The van der Waals surface area contributed by atoms with E-state index >= 15 is 0 Å². The van der Waals surface area contributed by atoms with Crippen LogP contribution in [0.4, 0.5) is 18.9 Å². The van der Waals surface area contributed by atoms with Crippen molar-refractivity contribution >= 4 is 29.1 Å². The number of halogens is 3. The first-order chi connectivity index (χ1) is 13.2. The maximum absolute atomic E-state index is 12.8. The van der Waals surface area contributed by atoms with Crippen molar-refractivity contribution in [3.05, 3.63) is 46.8 Å². The molecule has 0 atom stereocenters. The molecule has 148 valence electrons. The first kappa shape index (κ1) is 20.1. The SMILES string of the molecule is CSc1nc2nc(C)c(CCC(=O)Nc3cccc(C(F)(F)F)c3)c(C)n2n1. The van der Waals surface area contributed by atoms with Gasteiger partial charge < -0.3 is 5.32 Å². The van der Waals surface area contributed by atoms with E-state index in [2.05, 4.69) is 20.4 Å². The Bertz CT molecular complexity index is 1030. The number of nitrogens with zero attached hydrogens (tertiary/aromatic N) is 4. The van der Waals surface area contributed by atoms with Crippen LogP contribution in [-0.2, 0) is 17.4 Å². The van der Waals surface area contributed by atoms with Crippen LogP contribution in [0.2, 0.25) is 0 Å². The lowest BCUT2D eigenvalue weighted by Crippen LogP contribution is -2.15. The fourth-order valence-electron chi connectivity index (χ4n) is 2.87. The summed E-state index contributed by atoms with van der Waals surface area (Å²) in [6, 6.07) is 4.57. The number of aryl methyl sites for hydroxylation is 2. The van der Waals surface area contributed by atoms with Crippen LogP contribution in [0.5, 0.6) is 0 Å². The Kier molecular flexibility index (Phi) is 5.59. The molecule has 6 nitrogen and oxygen atoms in total. The molecule has 0 radical (unpaired) electrons. The summed E-state index contributed by atoms with van der Waals surface area (Å²) >= 11 is 1.41. The Labute approximate surface area is 163 Å². The quantitative estimate of drug-likeness (QED) is 0.644. The molecule has 10 heteroatoms. The van der Waals surface area contributed by atoms with E-state index in [1.807, 2.05) is 20.1 Å². The van der Waals surface area contributed by atoms with Gasteiger partial charge in [0.1, 0.15) is 0 Å². The van der Waals surface area contributed by atoms with Crippen LogP contribution in [0, 0.1) is 13.8 Å². The third-order valence-corrected chi connectivity index (χ3v) is 4.83. The maximum Gasteiger partial charge on any atom is 0.416 e. The molecule has 28 heavy (non-hydrogen) atoms. The van der Waals surface area contributed by atoms with Gasteiger partial charge >= 0.3 is 6.18 Å². The van der Waals surface area contributed by atoms with Gasteiger partial charge in [-0.15, -0.1) is 5.10 Å². The molecule has 0 aliphatic rings. The van der Waals surface area contributed by atoms with Gasteiger partial charge in [-0.25, -0.2) is 9.50 Å². The summed E-state index contributed by atoms with van der Waals surface area (Å²) in [7, 11) is 0. The van der Waals surface area contributed by atoms with Gasteiger partial charge in [0, 0.05) is 23.5 Å². The summed E-state index contributed by atoms with van der Waals surface area (Å²) in [6.07, 6.45) is -2.09. The van der Waals surface area contributed by atoms with Gasteiger partial charge in [0.25, 0.3) is 5.78 Å². The largest absolute Gasteiger partial charge is 0.416 e. The lowest BCUT2D eigenvalue weighted by Gasteiger charge is -2.12. The van der Waals surface area contributed by atoms with Crippen LogP contribution >= 0.6 is 11.8 Å². The highest BCUT2D eigenvalue weighted by Gasteiger charge is 2.30. The lowest BCUT2D eigenvalue weighted by atomic mass is 10.1. The normalized spacial score (nSPS) is 11.8. The minimum Gasteiger partial charge on any atom is -0.326 e. The molecule has 1 aromatic carbocycles. The van der Waals surface area contributed by atoms with E-state index in [0.29, 0.717) is 17.4 Å². The molecule has 0 saturated heterocycles. The third-order valence-electron chi connectivity index (χ3n) is 4.29. The second-order valence-corrected chi connectivity index (χ2v) is 6.97. The molecular formula is C18H18F3N5OS. The molecule has 0 unspecified atom stereocenters. The van der Waals surface area contributed by atoms with Crippen LogP contribution in [0.3, 0.4) is 0 Å².